The van der Waals surface area contributed by atoms with Gasteiger partial charge < -0.3 is 4.74 Å². The molecule has 7 nitrogen and oxygen atoms in total. The first-order valence-corrected chi connectivity index (χ1v) is 8.62. The van der Waals surface area contributed by atoms with Crippen LogP contribution in [0.5, 0.6) is 0 Å². The van der Waals surface area contributed by atoms with Crippen molar-refractivity contribution >= 4 is 23.4 Å². The molecule has 2 aromatic heterocycles. The zero-order chi connectivity index (χ0) is 17.1. The van der Waals surface area contributed by atoms with Gasteiger partial charge in [-0.3, -0.25) is 9.36 Å². The fourth-order valence-corrected chi connectivity index (χ4v) is 2.87. The summed E-state index contributed by atoms with van der Waals surface area (Å²) in [4.78, 5) is 28.9. The fraction of sp³-hybridized carbons (Fsp3) is 0.250. The lowest BCUT2D eigenvalue weighted by atomic mass is 10.2. The molecule has 3 rings (SSSR count). The standard InChI is InChI=1S/C16H16N4O3S/c1-3-23-14(21)10-19-15(24-2)17-13-9-12(18-20(13)16(19)22)11-7-5-4-6-8-11/h4-9H,3,10H2,1-2H3. The fourth-order valence-electron chi connectivity index (χ4n) is 2.32. The van der Waals surface area contributed by atoms with Gasteiger partial charge in [0.2, 0.25) is 0 Å². The molecule has 0 unspecified atom stereocenters. The Hall–Kier alpha value is -2.61. The zero-order valence-corrected chi connectivity index (χ0v) is 14.1. The van der Waals surface area contributed by atoms with Crippen molar-refractivity contribution in [1.82, 2.24) is 19.2 Å². The SMILES string of the molecule is CCOC(=O)Cn1c(SC)nc2cc(-c3ccccc3)nn2c1=O. The van der Waals surface area contributed by atoms with Crippen molar-refractivity contribution in [3.05, 3.63) is 46.9 Å². The van der Waals surface area contributed by atoms with E-state index in [0.717, 1.165) is 5.56 Å². The van der Waals surface area contributed by atoms with Gasteiger partial charge in [0.1, 0.15) is 6.54 Å². The van der Waals surface area contributed by atoms with Crippen LogP contribution in [0.4, 0.5) is 0 Å². The average molecular weight is 344 g/mol. The number of nitrogens with zero attached hydrogens (tertiary/aromatic N) is 4. The van der Waals surface area contributed by atoms with Crippen LogP contribution in [0.3, 0.4) is 0 Å². The van der Waals surface area contributed by atoms with E-state index < -0.39 is 11.7 Å². The summed E-state index contributed by atoms with van der Waals surface area (Å²) in [5.41, 5.74) is 1.58. The molecule has 0 fully saturated rings. The molecular weight excluding hydrogens is 328 g/mol. The number of rotatable bonds is 5. The predicted molar refractivity (Wildman–Crippen MR) is 91.1 cm³/mol. The summed E-state index contributed by atoms with van der Waals surface area (Å²) in [6.45, 7) is 1.79. The van der Waals surface area contributed by atoms with Gasteiger partial charge in [0.25, 0.3) is 0 Å². The van der Waals surface area contributed by atoms with E-state index in [2.05, 4.69) is 10.1 Å². The quantitative estimate of drug-likeness (QED) is 0.519. The van der Waals surface area contributed by atoms with Crippen LogP contribution in [0.2, 0.25) is 0 Å². The third-order valence-corrected chi connectivity index (χ3v) is 4.07. The average Bonchev–Trinajstić information content (AvgIpc) is 3.02. The summed E-state index contributed by atoms with van der Waals surface area (Å²) >= 11 is 1.29. The maximum atomic E-state index is 12.7. The van der Waals surface area contributed by atoms with Gasteiger partial charge in [-0.2, -0.15) is 9.61 Å². The smallest absolute Gasteiger partial charge is 0.353 e. The summed E-state index contributed by atoms with van der Waals surface area (Å²) in [6.07, 6.45) is 1.80. The predicted octanol–water partition coefficient (Wildman–Crippen LogP) is 1.84. The van der Waals surface area contributed by atoms with Gasteiger partial charge in [-0.25, -0.2) is 9.78 Å². The monoisotopic (exact) mass is 344 g/mol. The van der Waals surface area contributed by atoms with Gasteiger partial charge in [-0.15, -0.1) is 0 Å². The van der Waals surface area contributed by atoms with E-state index in [1.807, 2.05) is 30.3 Å². The van der Waals surface area contributed by atoms with Crippen molar-refractivity contribution in [2.75, 3.05) is 12.9 Å². The first-order valence-electron chi connectivity index (χ1n) is 7.39. The van der Waals surface area contributed by atoms with Crippen LogP contribution in [0.1, 0.15) is 6.92 Å². The molecule has 0 saturated carbocycles. The van der Waals surface area contributed by atoms with Crippen LogP contribution in [-0.2, 0) is 16.1 Å². The highest BCUT2D eigenvalue weighted by Crippen LogP contribution is 2.19. The number of carbonyl (C=O) groups is 1. The van der Waals surface area contributed by atoms with E-state index >= 15 is 0 Å². The molecule has 0 atom stereocenters. The molecule has 0 amide bonds. The number of ether oxygens (including phenoxy) is 1. The Morgan fingerprint density at radius 1 is 1.29 bits per heavy atom. The summed E-state index contributed by atoms with van der Waals surface area (Å²) in [5.74, 6) is -0.480. The third kappa shape index (κ3) is 3.05. The summed E-state index contributed by atoms with van der Waals surface area (Å²) in [7, 11) is 0. The molecule has 1 aromatic carbocycles. The zero-order valence-electron chi connectivity index (χ0n) is 13.3. The molecule has 2 heterocycles. The third-order valence-electron chi connectivity index (χ3n) is 3.39. The molecule has 0 radical (unpaired) electrons. The Morgan fingerprint density at radius 3 is 2.71 bits per heavy atom. The van der Waals surface area contributed by atoms with Crippen molar-refractivity contribution in [3.63, 3.8) is 0 Å². The number of benzene rings is 1. The molecular formula is C16H16N4O3S. The molecule has 0 aliphatic heterocycles. The van der Waals surface area contributed by atoms with Crippen LogP contribution in [0.25, 0.3) is 16.9 Å². The van der Waals surface area contributed by atoms with E-state index in [4.69, 9.17) is 4.74 Å². The first-order chi connectivity index (χ1) is 11.6. The molecule has 0 aliphatic carbocycles. The van der Waals surface area contributed by atoms with Crippen LogP contribution in [0, 0.1) is 0 Å². The molecule has 0 saturated heterocycles. The van der Waals surface area contributed by atoms with E-state index in [9.17, 15) is 9.59 Å². The molecule has 0 N–H and O–H groups in total. The topological polar surface area (TPSA) is 78.5 Å². The first kappa shape index (κ1) is 16.3. The van der Waals surface area contributed by atoms with Crippen LogP contribution in [-0.4, -0.2) is 38.0 Å². The molecule has 8 heteroatoms. The van der Waals surface area contributed by atoms with Crippen LogP contribution < -0.4 is 5.69 Å². The Balaban J connectivity index is 2.11. The number of carbonyl (C=O) groups excluding carboxylic acids is 1. The number of fused-ring (bicyclic) bond motifs is 1. The number of hydrogen-bond acceptors (Lipinski definition) is 6. The largest absolute Gasteiger partial charge is 0.465 e. The summed E-state index contributed by atoms with van der Waals surface area (Å²) in [5, 5.41) is 4.78. The minimum atomic E-state index is -0.480. The van der Waals surface area contributed by atoms with Gasteiger partial charge in [0.05, 0.1) is 12.3 Å². The van der Waals surface area contributed by atoms with Gasteiger partial charge in [0, 0.05) is 11.6 Å². The molecule has 124 valence electrons. The van der Waals surface area contributed by atoms with Crippen molar-refractivity contribution in [1.29, 1.82) is 0 Å². The second-order valence-corrected chi connectivity index (χ2v) is 5.71. The lowest BCUT2D eigenvalue weighted by molar-refractivity contribution is -0.144. The van der Waals surface area contributed by atoms with Crippen molar-refractivity contribution in [3.8, 4) is 11.3 Å². The van der Waals surface area contributed by atoms with Crippen molar-refractivity contribution < 1.29 is 9.53 Å². The highest BCUT2D eigenvalue weighted by atomic mass is 32.2. The second-order valence-electron chi connectivity index (χ2n) is 4.94. The molecule has 0 bridgehead atoms. The van der Waals surface area contributed by atoms with Gasteiger partial charge >= 0.3 is 11.7 Å². The summed E-state index contributed by atoms with van der Waals surface area (Å²) in [6, 6.07) is 11.3. The number of thioether (sulfide) groups is 1. The van der Waals surface area contributed by atoms with Crippen molar-refractivity contribution in [2.24, 2.45) is 0 Å². The number of aromatic nitrogens is 4. The maximum Gasteiger partial charge on any atom is 0.353 e. The summed E-state index contributed by atoms with van der Waals surface area (Å²) < 4.78 is 7.41. The Morgan fingerprint density at radius 2 is 2.04 bits per heavy atom. The molecule has 3 aromatic rings. The lowest BCUT2D eigenvalue weighted by Gasteiger charge is -2.09. The number of esters is 1. The van der Waals surface area contributed by atoms with Crippen LogP contribution in [0.15, 0.2) is 46.3 Å². The van der Waals surface area contributed by atoms with E-state index in [1.165, 1.54) is 20.8 Å². The van der Waals surface area contributed by atoms with Gasteiger partial charge in [-0.05, 0) is 13.2 Å². The molecule has 24 heavy (non-hydrogen) atoms. The minimum Gasteiger partial charge on any atom is -0.465 e. The minimum absolute atomic E-state index is 0.188. The van der Waals surface area contributed by atoms with E-state index in [1.54, 1.807) is 19.2 Å². The Bertz CT molecular complexity index is 934. The Labute approximate surface area is 142 Å². The Kier molecular flexibility index (Phi) is 4.66. The highest BCUT2D eigenvalue weighted by molar-refractivity contribution is 7.98. The highest BCUT2D eigenvalue weighted by Gasteiger charge is 2.16. The van der Waals surface area contributed by atoms with Gasteiger partial charge in [0.15, 0.2) is 10.8 Å². The maximum absolute atomic E-state index is 12.7. The van der Waals surface area contributed by atoms with Gasteiger partial charge in [-0.1, -0.05) is 42.1 Å². The normalized spacial score (nSPS) is 10.9. The number of hydrogen-bond donors (Lipinski definition) is 0. The molecule has 0 spiro atoms. The lowest BCUT2D eigenvalue weighted by Crippen LogP contribution is -2.32. The molecule has 0 aliphatic rings. The van der Waals surface area contributed by atoms with Crippen molar-refractivity contribution in [2.45, 2.75) is 18.6 Å². The van der Waals surface area contributed by atoms with Crippen LogP contribution >= 0.6 is 11.8 Å². The second kappa shape index (κ2) is 6.88. The van der Waals surface area contributed by atoms with E-state index in [0.29, 0.717) is 16.5 Å². The van der Waals surface area contributed by atoms with E-state index in [-0.39, 0.29) is 13.2 Å².